The minimum Gasteiger partial charge on any atom is -0.325 e. The summed E-state index contributed by atoms with van der Waals surface area (Å²) in [5.74, 6) is -0.751. The molecule has 1 aromatic carbocycles. The summed E-state index contributed by atoms with van der Waals surface area (Å²) in [4.78, 5) is 40.4. The number of benzene rings is 1. The van der Waals surface area contributed by atoms with E-state index >= 15 is 0 Å². The van der Waals surface area contributed by atoms with Gasteiger partial charge in [-0.1, -0.05) is 25.5 Å². The molecule has 4 rings (SSSR count). The van der Waals surface area contributed by atoms with Crippen molar-refractivity contribution in [3.63, 3.8) is 0 Å². The number of fused-ring (bicyclic) bond motifs is 1. The van der Waals surface area contributed by atoms with E-state index in [4.69, 9.17) is 5.73 Å². The van der Waals surface area contributed by atoms with Crippen LogP contribution in [0.15, 0.2) is 18.2 Å². The van der Waals surface area contributed by atoms with E-state index in [-0.39, 0.29) is 29.7 Å². The van der Waals surface area contributed by atoms with E-state index in [2.05, 4.69) is 23.2 Å². The average molecular weight is 399 g/mol. The molecular weight excluding hydrogens is 368 g/mol. The van der Waals surface area contributed by atoms with Crippen LogP contribution in [0.25, 0.3) is 0 Å². The summed E-state index contributed by atoms with van der Waals surface area (Å²) in [5, 5.41) is 2.35. The van der Waals surface area contributed by atoms with Crippen LogP contribution in [0.3, 0.4) is 0 Å². The van der Waals surface area contributed by atoms with E-state index in [0.717, 1.165) is 50.9 Å². The lowest BCUT2D eigenvalue weighted by Crippen LogP contribution is -2.52. The van der Waals surface area contributed by atoms with Gasteiger partial charge in [0.2, 0.25) is 11.8 Å². The average Bonchev–Trinajstić information content (AvgIpc) is 3.00. The SMILES string of the molecule is CCCC1(N)CCN(Cc2ccc3c(c2)CN(C2CCC(=O)NC2=O)C3=O)CC1. The maximum Gasteiger partial charge on any atom is 0.255 e. The van der Waals surface area contributed by atoms with Gasteiger partial charge in [0.1, 0.15) is 6.04 Å². The van der Waals surface area contributed by atoms with Gasteiger partial charge in [-0.2, -0.15) is 0 Å². The molecule has 1 unspecified atom stereocenters. The number of nitrogens with zero attached hydrogens (tertiary/aromatic N) is 2. The number of hydrogen-bond donors (Lipinski definition) is 2. The van der Waals surface area contributed by atoms with Crippen LogP contribution >= 0.6 is 0 Å². The van der Waals surface area contributed by atoms with Gasteiger partial charge in [-0.3, -0.25) is 24.6 Å². The lowest BCUT2D eigenvalue weighted by molar-refractivity contribution is -0.136. The van der Waals surface area contributed by atoms with Gasteiger partial charge in [-0.05, 0) is 42.9 Å². The van der Waals surface area contributed by atoms with Crippen LogP contribution in [-0.2, 0) is 22.7 Å². The molecule has 3 amide bonds. The molecule has 3 N–H and O–H groups in total. The first-order valence-electron chi connectivity index (χ1n) is 10.7. The van der Waals surface area contributed by atoms with Crippen molar-refractivity contribution in [2.45, 2.75) is 70.1 Å². The number of carbonyl (C=O) groups is 3. The van der Waals surface area contributed by atoms with Gasteiger partial charge in [0.15, 0.2) is 0 Å². The van der Waals surface area contributed by atoms with Gasteiger partial charge in [0.05, 0.1) is 0 Å². The predicted octanol–water partition coefficient (Wildman–Crippen LogP) is 1.54. The molecule has 2 saturated heterocycles. The van der Waals surface area contributed by atoms with E-state index in [1.165, 1.54) is 5.56 Å². The Hall–Kier alpha value is -2.25. The van der Waals surface area contributed by atoms with Gasteiger partial charge in [0, 0.05) is 43.7 Å². The molecule has 0 bridgehead atoms. The van der Waals surface area contributed by atoms with E-state index in [0.29, 0.717) is 18.5 Å². The summed E-state index contributed by atoms with van der Waals surface area (Å²) < 4.78 is 0. The molecule has 7 heteroatoms. The van der Waals surface area contributed by atoms with Crippen molar-refractivity contribution < 1.29 is 14.4 Å². The Morgan fingerprint density at radius 1 is 1.21 bits per heavy atom. The standard InChI is InChI=1S/C22H30N4O3/c1-2-7-22(23)8-10-25(11-9-22)13-15-3-4-17-16(12-15)14-26(21(17)29)18-5-6-19(27)24-20(18)28/h3-4,12,18H,2,5-11,13-14,23H2,1H3,(H,24,27,28). The Kier molecular flexibility index (Phi) is 5.44. The fourth-order valence-electron chi connectivity index (χ4n) is 4.89. The number of piperidine rings is 2. The Morgan fingerprint density at radius 2 is 1.97 bits per heavy atom. The Bertz CT molecular complexity index is 829. The highest BCUT2D eigenvalue weighted by Crippen LogP contribution is 2.30. The first-order valence-corrected chi connectivity index (χ1v) is 10.7. The molecule has 3 heterocycles. The fraction of sp³-hybridized carbons (Fsp3) is 0.591. The topological polar surface area (TPSA) is 95.7 Å². The minimum absolute atomic E-state index is 0.0158. The second kappa shape index (κ2) is 7.88. The van der Waals surface area contributed by atoms with Crippen molar-refractivity contribution in [3.05, 3.63) is 34.9 Å². The molecule has 0 aromatic heterocycles. The summed E-state index contributed by atoms with van der Waals surface area (Å²) in [6.07, 6.45) is 4.92. The zero-order valence-corrected chi connectivity index (χ0v) is 17.1. The van der Waals surface area contributed by atoms with Crippen molar-refractivity contribution in [1.82, 2.24) is 15.1 Å². The van der Waals surface area contributed by atoms with Gasteiger partial charge < -0.3 is 10.6 Å². The lowest BCUT2D eigenvalue weighted by atomic mass is 9.84. The second-order valence-electron chi connectivity index (χ2n) is 8.78. The Morgan fingerprint density at radius 3 is 2.66 bits per heavy atom. The number of imide groups is 1. The van der Waals surface area contributed by atoms with Crippen molar-refractivity contribution in [2.75, 3.05) is 13.1 Å². The summed E-state index contributed by atoms with van der Waals surface area (Å²) in [6.45, 7) is 5.45. The van der Waals surface area contributed by atoms with Crippen molar-refractivity contribution in [2.24, 2.45) is 5.73 Å². The molecule has 3 aliphatic rings. The van der Waals surface area contributed by atoms with E-state index < -0.39 is 6.04 Å². The number of carbonyl (C=O) groups excluding carboxylic acids is 3. The largest absolute Gasteiger partial charge is 0.325 e. The number of nitrogens with one attached hydrogen (secondary N) is 1. The van der Waals surface area contributed by atoms with Crippen LogP contribution in [0, 0.1) is 0 Å². The maximum absolute atomic E-state index is 12.8. The summed E-state index contributed by atoms with van der Waals surface area (Å²) >= 11 is 0. The summed E-state index contributed by atoms with van der Waals surface area (Å²) in [7, 11) is 0. The molecule has 156 valence electrons. The van der Waals surface area contributed by atoms with Gasteiger partial charge in [0.25, 0.3) is 5.91 Å². The molecule has 0 saturated carbocycles. The number of likely N-dealkylation sites (tertiary alicyclic amines) is 1. The molecule has 1 aromatic rings. The van der Waals surface area contributed by atoms with Gasteiger partial charge >= 0.3 is 0 Å². The van der Waals surface area contributed by atoms with Gasteiger partial charge in [-0.15, -0.1) is 0 Å². The quantitative estimate of drug-likeness (QED) is 0.734. The van der Waals surface area contributed by atoms with Crippen LogP contribution in [0.4, 0.5) is 0 Å². The lowest BCUT2D eigenvalue weighted by Gasteiger charge is -2.39. The molecule has 0 radical (unpaired) electrons. The van der Waals surface area contributed by atoms with Gasteiger partial charge in [-0.25, -0.2) is 0 Å². The summed E-state index contributed by atoms with van der Waals surface area (Å²) in [5.41, 5.74) is 9.30. The molecule has 0 aliphatic carbocycles. The molecule has 7 nitrogen and oxygen atoms in total. The normalized spacial score (nSPS) is 24.6. The van der Waals surface area contributed by atoms with Crippen LogP contribution in [-0.4, -0.2) is 52.2 Å². The van der Waals surface area contributed by atoms with E-state index in [9.17, 15) is 14.4 Å². The summed E-state index contributed by atoms with van der Waals surface area (Å²) in [6, 6.07) is 5.43. The van der Waals surface area contributed by atoms with Crippen LogP contribution in [0.2, 0.25) is 0 Å². The highest BCUT2D eigenvalue weighted by molar-refractivity contribution is 6.05. The highest BCUT2D eigenvalue weighted by Gasteiger charge is 2.39. The van der Waals surface area contributed by atoms with Crippen LogP contribution < -0.4 is 11.1 Å². The first kappa shape index (κ1) is 20.0. The minimum atomic E-state index is -0.561. The van der Waals surface area contributed by atoms with Crippen molar-refractivity contribution in [1.29, 1.82) is 0 Å². The van der Waals surface area contributed by atoms with Crippen molar-refractivity contribution >= 4 is 17.7 Å². The first-order chi connectivity index (χ1) is 13.9. The molecule has 2 fully saturated rings. The molecule has 29 heavy (non-hydrogen) atoms. The van der Waals surface area contributed by atoms with Crippen LogP contribution in [0.1, 0.15) is 66.9 Å². The second-order valence-corrected chi connectivity index (χ2v) is 8.78. The maximum atomic E-state index is 12.8. The van der Waals surface area contributed by atoms with Crippen molar-refractivity contribution in [3.8, 4) is 0 Å². The fourth-order valence-corrected chi connectivity index (χ4v) is 4.89. The molecular formula is C22H30N4O3. The zero-order chi connectivity index (χ0) is 20.6. The molecule has 0 spiro atoms. The smallest absolute Gasteiger partial charge is 0.255 e. The number of amides is 3. The highest BCUT2D eigenvalue weighted by atomic mass is 16.2. The number of rotatable bonds is 5. The molecule has 1 atom stereocenters. The monoisotopic (exact) mass is 398 g/mol. The zero-order valence-electron chi connectivity index (χ0n) is 17.1. The van der Waals surface area contributed by atoms with E-state index in [1.54, 1.807) is 4.90 Å². The Labute approximate surface area is 171 Å². The predicted molar refractivity (Wildman–Crippen MR) is 109 cm³/mol. The molecule has 3 aliphatic heterocycles. The van der Waals surface area contributed by atoms with E-state index in [1.807, 2.05) is 12.1 Å². The number of hydrogen-bond acceptors (Lipinski definition) is 5. The third kappa shape index (κ3) is 4.07. The number of nitrogens with two attached hydrogens (primary N) is 1. The van der Waals surface area contributed by atoms with Crippen LogP contribution in [0.5, 0.6) is 0 Å². The third-order valence-corrected chi connectivity index (χ3v) is 6.59. The third-order valence-electron chi connectivity index (χ3n) is 6.59. The Balaban J connectivity index is 1.40.